The summed E-state index contributed by atoms with van der Waals surface area (Å²) in [5.74, 6) is 0.461. The molecule has 1 aromatic heterocycles. The van der Waals surface area contributed by atoms with Crippen LogP contribution in [0, 0.1) is 14.0 Å². The third kappa shape index (κ3) is 4.42. The quantitative estimate of drug-likeness (QED) is 0.519. The number of halogens is 2. The largest absolute Gasteiger partial charge is 0.507 e. The fraction of sp³-hybridized carbons (Fsp3) is 0.333. The van der Waals surface area contributed by atoms with Gasteiger partial charge in [-0.15, -0.1) is 0 Å². The van der Waals surface area contributed by atoms with Crippen LogP contribution in [0.25, 0.3) is 0 Å². The van der Waals surface area contributed by atoms with Crippen molar-refractivity contribution in [3.05, 3.63) is 30.5 Å². The van der Waals surface area contributed by atoms with E-state index >= 15 is 0 Å². The van der Waals surface area contributed by atoms with E-state index in [1.807, 2.05) is 0 Å². The van der Waals surface area contributed by atoms with E-state index in [4.69, 9.17) is 28.3 Å². The minimum absolute atomic E-state index is 0. The smallest absolute Gasteiger partial charge is 0.225 e. The van der Waals surface area contributed by atoms with Crippen molar-refractivity contribution in [2.45, 2.75) is 12.5 Å². The van der Waals surface area contributed by atoms with Crippen LogP contribution in [0.5, 0.6) is 0 Å². The Kier molecular flexibility index (Phi) is 8.03. The predicted octanol–water partition coefficient (Wildman–Crippen LogP) is 1.96. The van der Waals surface area contributed by atoms with Gasteiger partial charge >= 0.3 is 0 Å². The van der Waals surface area contributed by atoms with Crippen LogP contribution in [0.3, 0.4) is 0 Å². The van der Waals surface area contributed by atoms with Crippen molar-refractivity contribution < 1.29 is 37.8 Å². The Bertz CT molecular complexity index is 316. The Hall–Kier alpha value is 0.524. The Labute approximate surface area is 130 Å². The van der Waals surface area contributed by atoms with Gasteiger partial charge < -0.3 is 16.9 Å². The SMILES string of the molecule is [CH2-]CC(CO)N([CH2-])c1cc(Cl)nc(Cl)n1.[Y]. The maximum absolute atomic E-state index is 9.07. The van der Waals surface area contributed by atoms with Gasteiger partial charge in [0.25, 0.3) is 0 Å². The van der Waals surface area contributed by atoms with Crippen molar-refractivity contribution in [1.82, 2.24) is 9.97 Å². The first kappa shape index (κ1) is 16.5. The predicted molar refractivity (Wildman–Crippen MR) is 60.7 cm³/mol. The first-order chi connectivity index (χ1) is 7.08. The van der Waals surface area contributed by atoms with Gasteiger partial charge in [0.1, 0.15) is 11.0 Å². The van der Waals surface area contributed by atoms with Crippen molar-refractivity contribution in [2.24, 2.45) is 0 Å². The number of aliphatic hydroxyl groups excluding tert-OH is 1. The second-order valence-corrected chi connectivity index (χ2v) is 3.64. The maximum atomic E-state index is 9.07. The van der Waals surface area contributed by atoms with Gasteiger partial charge in [-0.2, -0.15) is 6.42 Å². The summed E-state index contributed by atoms with van der Waals surface area (Å²) in [6.07, 6.45) is 0.499. The summed E-state index contributed by atoms with van der Waals surface area (Å²) < 4.78 is 0. The monoisotopic (exact) mass is 336 g/mol. The number of anilines is 1. The van der Waals surface area contributed by atoms with Crippen LogP contribution in [0.1, 0.15) is 6.42 Å². The third-order valence-corrected chi connectivity index (χ3v) is 2.30. The molecule has 0 spiro atoms. The van der Waals surface area contributed by atoms with Crippen LogP contribution in [0.15, 0.2) is 6.07 Å². The van der Waals surface area contributed by atoms with Crippen molar-refractivity contribution >= 4 is 29.0 Å². The first-order valence-corrected chi connectivity index (χ1v) is 5.04. The van der Waals surface area contributed by atoms with E-state index in [-0.39, 0.29) is 55.8 Å². The molecular formula is C9H11Cl2N3OY-2. The van der Waals surface area contributed by atoms with Crippen LogP contribution < -0.4 is 4.90 Å². The van der Waals surface area contributed by atoms with E-state index in [1.165, 1.54) is 11.0 Å². The summed E-state index contributed by atoms with van der Waals surface area (Å²) >= 11 is 11.4. The van der Waals surface area contributed by atoms with Gasteiger partial charge in [-0.1, -0.05) is 11.6 Å². The standard InChI is InChI=1S/C9H11Cl2N3O.Y/c1-3-6(5-15)14(2)8-4-7(10)12-9(11)13-8;/h4,6,15H,1-3,5H2;/q-2;. The zero-order valence-corrected chi connectivity index (χ0v) is 13.0. The average Bonchev–Trinajstić information content (AvgIpc) is 2.18. The molecule has 0 aliphatic heterocycles. The molecule has 1 rings (SSSR count). The molecule has 1 aromatic rings. The van der Waals surface area contributed by atoms with Gasteiger partial charge in [0.15, 0.2) is 0 Å². The van der Waals surface area contributed by atoms with Gasteiger partial charge in [-0.3, -0.25) is 7.05 Å². The second kappa shape index (κ2) is 7.77. The molecule has 0 amide bonds. The van der Waals surface area contributed by atoms with Gasteiger partial charge in [-0.05, 0) is 17.6 Å². The number of aliphatic hydroxyl groups is 1. The van der Waals surface area contributed by atoms with E-state index in [2.05, 4.69) is 23.9 Å². The number of rotatable bonds is 4. The summed E-state index contributed by atoms with van der Waals surface area (Å²) in [6.45, 7) is 3.63. The molecule has 0 fully saturated rings. The summed E-state index contributed by atoms with van der Waals surface area (Å²) in [5.41, 5.74) is 0. The zero-order valence-electron chi connectivity index (χ0n) is 8.61. The van der Waals surface area contributed by atoms with Gasteiger partial charge in [0.05, 0.1) is 6.61 Å². The minimum Gasteiger partial charge on any atom is -0.507 e. The summed E-state index contributed by atoms with van der Waals surface area (Å²) in [4.78, 5) is 9.18. The molecule has 0 saturated carbocycles. The van der Waals surface area contributed by atoms with Crippen molar-refractivity contribution in [3.8, 4) is 0 Å². The van der Waals surface area contributed by atoms with Crippen LogP contribution in [0.4, 0.5) is 5.82 Å². The fourth-order valence-electron chi connectivity index (χ4n) is 1.06. The molecular weight excluding hydrogens is 326 g/mol. The Morgan fingerprint density at radius 3 is 2.50 bits per heavy atom. The summed E-state index contributed by atoms with van der Waals surface area (Å²) in [6, 6.07) is 1.31. The van der Waals surface area contributed by atoms with Gasteiger partial charge in [0.2, 0.25) is 5.28 Å². The molecule has 4 nitrogen and oxygen atoms in total. The molecule has 1 radical (unpaired) electrons. The Balaban J connectivity index is 0.00000225. The van der Waals surface area contributed by atoms with Gasteiger partial charge in [-0.25, -0.2) is 9.97 Å². The number of hydrogen-bond donors (Lipinski definition) is 1. The molecule has 1 heterocycles. The van der Waals surface area contributed by atoms with Crippen molar-refractivity contribution in [1.29, 1.82) is 0 Å². The molecule has 1 N–H and O–H groups in total. The van der Waals surface area contributed by atoms with Crippen LogP contribution in [-0.2, 0) is 32.7 Å². The fourth-order valence-corrected chi connectivity index (χ4v) is 1.46. The molecule has 0 saturated heterocycles. The second-order valence-electron chi connectivity index (χ2n) is 2.91. The normalized spacial score (nSPS) is 11.8. The number of aromatic nitrogens is 2. The minimum atomic E-state index is -0.216. The third-order valence-electron chi connectivity index (χ3n) is 1.93. The van der Waals surface area contributed by atoms with E-state index in [9.17, 15) is 0 Å². The molecule has 0 bridgehead atoms. The first-order valence-electron chi connectivity index (χ1n) is 4.28. The molecule has 16 heavy (non-hydrogen) atoms. The van der Waals surface area contributed by atoms with E-state index in [1.54, 1.807) is 0 Å². The van der Waals surface area contributed by atoms with E-state index in [0.717, 1.165) is 0 Å². The van der Waals surface area contributed by atoms with Crippen LogP contribution >= 0.6 is 23.2 Å². The van der Waals surface area contributed by atoms with Crippen molar-refractivity contribution in [2.75, 3.05) is 11.5 Å². The molecule has 7 heteroatoms. The van der Waals surface area contributed by atoms with E-state index in [0.29, 0.717) is 12.2 Å². The van der Waals surface area contributed by atoms with Crippen LogP contribution in [-0.4, -0.2) is 27.7 Å². The van der Waals surface area contributed by atoms with Gasteiger partial charge in [0, 0.05) is 38.8 Å². The Morgan fingerprint density at radius 1 is 1.44 bits per heavy atom. The summed E-state index contributed by atoms with van der Waals surface area (Å²) in [5, 5.41) is 9.35. The molecule has 1 unspecified atom stereocenters. The van der Waals surface area contributed by atoms with Crippen LogP contribution in [0.2, 0.25) is 10.4 Å². The molecule has 0 aromatic carbocycles. The maximum Gasteiger partial charge on any atom is 0.225 e. The topological polar surface area (TPSA) is 49.2 Å². The molecule has 0 aliphatic rings. The average molecular weight is 337 g/mol. The zero-order chi connectivity index (χ0) is 11.4. The van der Waals surface area contributed by atoms with E-state index < -0.39 is 0 Å². The Morgan fingerprint density at radius 2 is 2.06 bits per heavy atom. The van der Waals surface area contributed by atoms with Crippen molar-refractivity contribution in [3.63, 3.8) is 0 Å². The number of nitrogens with zero attached hydrogens (tertiary/aromatic N) is 3. The molecule has 0 aliphatic carbocycles. The molecule has 87 valence electrons. The number of hydrogen-bond acceptors (Lipinski definition) is 4. The molecule has 1 atom stereocenters. The summed E-state index contributed by atoms with van der Waals surface area (Å²) in [7, 11) is 3.76.